The first-order valence-electron chi connectivity index (χ1n) is 4.90. The second-order valence-electron chi connectivity index (χ2n) is 3.11. The number of ether oxygens (including phenoxy) is 1. The van der Waals surface area contributed by atoms with E-state index in [2.05, 4.69) is 4.74 Å². The van der Waals surface area contributed by atoms with E-state index in [1.54, 1.807) is 25.1 Å². The third kappa shape index (κ3) is 4.68. The number of carbonyl (C=O) groups excluding carboxylic acids is 1. The monoisotopic (exact) mass is 264 g/mol. The molecule has 0 spiro atoms. The van der Waals surface area contributed by atoms with Crippen molar-refractivity contribution < 1.29 is 22.7 Å². The Morgan fingerprint density at radius 2 is 1.94 bits per heavy atom. The molecule has 1 aromatic rings. The van der Waals surface area contributed by atoms with Crippen LogP contribution >= 0.6 is 11.8 Å². The molecule has 0 N–H and O–H groups in total. The summed E-state index contributed by atoms with van der Waals surface area (Å²) in [6, 6.07) is 7.78. The molecule has 6 heteroatoms. The molecule has 0 radical (unpaired) electrons. The number of halogens is 3. The fraction of sp³-hybridized carbons (Fsp3) is 0.364. The van der Waals surface area contributed by atoms with Gasteiger partial charge in [-0.1, -0.05) is 30.3 Å². The largest absolute Gasteiger partial charge is 0.465 e. The molecule has 0 aliphatic carbocycles. The Morgan fingerprint density at radius 3 is 2.41 bits per heavy atom. The number of hydrogen-bond donors (Lipinski definition) is 0. The Balaban J connectivity index is 2.91. The molecule has 1 rings (SSSR count). The molecule has 0 aliphatic rings. The van der Waals surface area contributed by atoms with Gasteiger partial charge in [0, 0.05) is 0 Å². The van der Waals surface area contributed by atoms with Crippen molar-refractivity contribution in [3.63, 3.8) is 0 Å². The van der Waals surface area contributed by atoms with Crippen molar-refractivity contribution in [3.8, 4) is 0 Å². The number of benzene rings is 1. The first kappa shape index (κ1) is 13.9. The van der Waals surface area contributed by atoms with Gasteiger partial charge in [-0.25, -0.2) is 0 Å². The fourth-order valence-electron chi connectivity index (χ4n) is 1.23. The van der Waals surface area contributed by atoms with Crippen LogP contribution in [0.25, 0.3) is 0 Å². The van der Waals surface area contributed by atoms with Gasteiger partial charge in [-0.2, -0.15) is 13.2 Å². The maximum absolute atomic E-state index is 12.3. The molecule has 0 saturated heterocycles. The summed E-state index contributed by atoms with van der Waals surface area (Å²) in [5, 5.41) is -1.36. The van der Waals surface area contributed by atoms with Crippen molar-refractivity contribution in [2.75, 3.05) is 6.61 Å². The van der Waals surface area contributed by atoms with Gasteiger partial charge in [-0.15, -0.1) is 0 Å². The average Bonchev–Trinajstić information content (AvgIpc) is 2.26. The van der Waals surface area contributed by atoms with Crippen LogP contribution in [-0.2, 0) is 9.53 Å². The number of rotatable bonds is 4. The van der Waals surface area contributed by atoms with E-state index in [-0.39, 0.29) is 23.9 Å². The van der Waals surface area contributed by atoms with Crippen LogP contribution in [0.1, 0.15) is 17.7 Å². The highest BCUT2D eigenvalue weighted by Crippen LogP contribution is 2.42. The Bertz CT molecular complexity index is 365. The highest BCUT2D eigenvalue weighted by molar-refractivity contribution is 8.01. The molecule has 0 aliphatic heterocycles. The lowest BCUT2D eigenvalue weighted by Crippen LogP contribution is -2.17. The molecule has 0 heterocycles. The van der Waals surface area contributed by atoms with E-state index in [1.807, 2.05) is 0 Å². The van der Waals surface area contributed by atoms with Gasteiger partial charge in [0.15, 0.2) is 0 Å². The normalized spacial score (nSPS) is 13.2. The van der Waals surface area contributed by atoms with E-state index in [4.69, 9.17) is 0 Å². The number of carbonyl (C=O) groups is 1. The second-order valence-corrected chi connectivity index (χ2v) is 4.28. The van der Waals surface area contributed by atoms with Crippen molar-refractivity contribution in [2.24, 2.45) is 0 Å². The maximum Gasteiger partial charge on any atom is 0.442 e. The fourth-order valence-corrected chi connectivity index (χ4v) is 1.96. The zero-order valence-electron chi connectivity index (χ0n) is 9.03. The second kappa shape index (κ2) is 5.95. The van der Waals surface area contributed by atoms with Crippen LogP contribution in [0.2, 0.25) is 0 Å². The van der Waals surface area contributed by atoms with Crippen LogP contribution in [0.5, 0.6) is 0 Å². The highest BCUT2D eigenvalue weighted by atomic mass is 32.2. The number of esters is 1. The van der Waals surface area contributed by atoms with E-state index < -0.39 is 16.7 Å². The molecule has 2 nitrogen and oxygen atoms in total. The molecule has 1 aromatic carbocycles. The van der Waals surface area contributed by atoms with E-state index in [9.17, 15) is 18.0 Å². The predicted molar refractivity (Wildman–Crippen MR) is 59.5 cm³/mol. The summed E-state index contributed by atoms with van der Waals surface area (Å²) in [4.78, 5) is 11.5. The molecule has 0 unspecified atom stereocenters. The van der Waals surface area contributed by atoms with Crippen LogP contribution < -0.4 is 0 Å². The van der Waals surface area contributed by atoms with E-state index in [1.165, 1.54) is 12.1 Å². The van der Waals surface area contributed by atoms with Crippen LogP contribution in [0.4, 0.5) is 13.2 Å². The van der Waals surface area contributed by atoms with Crippen molar-refractivity contribution in [2.45, 2.75) is 17.7 Å². The van der Waals surface area contributed by atoms with Gasteiger partial charge in [-0.05, 0) is 24.2 Å². The summed E-state index contributed by atoms with van der Waals surface area (Å²) in [6.07, 6.45) is 0. The molecular formula is C11H11F3O2S. The summed E-state index contributed by atoms with van der Waals surface area (Å²) in [5.41, 5.74) is -4.19. The molecule has 0 amide bonds. The highest BCUT2D eigenvalue weighted by Gasteiger charge is 2.38. The quantitative estimate of drug-likeness (QED) is 0.778. The Morgan fingerprint density at radius 1 is 1.35 bits per heavy atom. The van der Waals surface area contributed by atoms with Gasteiger partial charge in [0.1, 0.15) is 5.25 Å². The van der Waals surface area contributed by atoms with Gasteiger partial charge >= 0.3 is 11.5 Å². The molecule has 94 valence electrons. The van der Waals surface area contributed by atoms with Crippen molar-refractivity contribution >= 4 is 17.7 Å². The van der Waals surface area contributed by atoms with Crippen LogP contribution in [0.15, 0.2) is 30.3 Å². The third-order valence-corrected chi connectivity index (χ3v) is 2.82. The van der Waals surface area contributed by atoms with Gasteiger partial charge in [0.2, 0.25) is 0 Å². The van der Waals surface area contributed by atoms with Crippen molar-refractivity contribution in [1.29, 1.82) is 0 Å². The minimum Gasteiger partial charge on any atom is -0.465 e. The van der Waals surface area contributed by atoms with E-state index >= 15 is 0 Å². The Hall–Kier alpha value is -1.17. The molecule has 0 aromatic heterocycles. The first-order chi connectivity index (χ1) is 7.94. The van der Waals surface area contributed by atoms with Gasteiger partial charge in [0.25, 0.3) is 0 Å². The lowest BCUT2D eigenvalue weighted by atomic mass is 10.1. The average molecular weight is 264 g/mol. The standard InChI is InChI=1S/C11H11F3O2S/c1-2-16-10(15)9(17-11(12,13)14)8-6-4-3-5-7-8/h3-7,9H,2H2,1H3/t9-/m0/s1. The van der Waals surface area contributed by atoms with E-state index in [0.29, 0.717) is 0 Å². The third-order valence-electron chi connectivity index (χ3n) is 1.85. The topological polar surface area (TPSA) is 26.3 Å². The SMILES string of the molecule is CCOC(=O)[C@@H](SC(F)(F)F)c1ccccc1. The summed E-state index contributed by atoms with van der Waals surface area (Å²) < 4.78 is 41.7. The van der Waals surface area contributed by atoms with Crippen LogP contribution in [0.3, 0.4) is 0 Å². The maximum atomic E-state index is 12.3. The van der Waals surface area contributed by atoms with Gasteiger partial charge in [-0.3, -0.25) is 4.79 Å². The summed E-state index contributed by atoms with van der Waals surface area (Å²) >= 11 is -0.372. The van der Waals surface area contributed by atoms with Crippen LogP contribution in [-0.4, -0.2) is 18.1 Å². The summed E-state index contributed by atoms with van der Waals surface area (Å²) in [5.74, 6) is -0.874. The number of thioether (sulfide) groups is 1. The Kier molecular flexibility index (Phi) is 4.86. The van der Waals surface area contributed by atoms with Crippen molar-refractivity contribution in [1.82, 2.24) is 0 Å². The minimum absolute atomic E-state index is 0.0561. The zero-order chi connectivity index (χ0) is 12.9. The molecule has 1 atom stereocenters. The molecular weight excluding hydrogens is 253 g/mol. The summed E-state index contributed by atoms with van der Waals surface area (Å²) in [6.45, 7) is 1.61. The Labute approximate surface area is 101 Å². The predicted octanol–water partition coefficient (Wildman–Crippen LogP) is 3.54. The smallest absolute Gasteiger partial charge is 0.442 e. The van der Waals surface area contributed by atoms with Gasteiger partial charge < -0.3 is 4.74 Å². The summed E-state index contributed by atoms with van der Waals surface area (Å²) in [7, 11) is 0. The molecule has 0 saturated carbocycles. The molecule has 0 fully saturated rings. The minimum atomic E-state index is -4.48. The molecule has 0 bridgehead atoms. The lowest BCUT2D eigenvalue weighted by Gasteiger charge is -2.16. The zero-order valence-corrected chi connectivity index (χ0v) is 9.85. The van der Waals surface area contributed by atoms with Gasteiger partial charge in [0.05, 0.1) is 6.61 Å². The lowest BCUT2D eigenvalue weighted by molar-refractivity contribution is -0.142. The number of alkyl halides is 3. The first-order valence-corrected chi connectivity index (χ1v) is 5.78. The number of hydrogen-bond acceptors (Lipinski definition) is 3. The van der Waals surface area contributed by atoms with E-state index in [0.717, 1.165) is 0 Å². The van der Waals surface area contributed by atoms with Crippen molar-refractivity contribution in [3.05, 3.63) is 35.9 Å². The molecule has 17 heavy (non-hydrogen) atoms. The van der Waals surface area contributed by atoms with Crippen LogP contribution in [0, 0.1) is 0 Å².